The van der Waals surface area contributed by atoms with Gasteiger partial charge in [-0.05, 0) is 43.2 Å². The van der Waals surface area contributed by atoms with Crippen LogP contribution in [0.4, 0.5) is 11.4 Å². The number of nitrogens with two attached hydrogens (primary N) is 1. The summed E-state index contributed by atoms with van der Waals surface area (Å²) in [7, 11) is 0. The number of nitro benzene ring substituents is 1. The predicted molar refractivity (Wildman–Crippen MR) is 111 cm³/mol. The molecule has 3 N–H and O–H groups in total. The van der Waals surface area contributed by atoms with Crippen molar-refractivity contribution in [3.63, 3.8) is 0 Å². The Kier molecular flexibility index (Phi) is 6.39. The molecular formula is C21H20N4O6. The van der Waals surface area contributed by atoms with Crippen LogP contribution in [0.3, 0.4) is 0 Å². The third-order valence-electron chi connectivity index (χ3n) is 4.91. The highest BCUT2D eigenvalue weighted by molar-refractivity contribution is 6.23. The lowest BCUT2D eigenvalue weighted by molar-refractivity contribution is -0.385. The second kappa shape index (κ2) is 9.16. The Bertz CT molecular complexity index is 1060. The normalized spacial score (nSPS) is 12.6. The minimum atomic E-state index is -0.673. The van der Waals surface area contributed by atoms with E-state index in [1.165, 1.54) is 30.3 Å². The van der Waals surface area contributed by atoms with Gasteiger partial charge in [-0.25, -0.2) is 0 Å². The molecule has 10 nitrogen and oxygen atoms in total. The lowest BCUT2D eigenvalue weighted by atomic mass is 10.1. The summed E-state index contributed by atoms with van der Waals surface area (Å²) in [4.78, 5) is 59.4. The third-order valence-corrected chi connectivity index (χ3v) is 4.91. The molecule has 2 aromatic rings. The van der Waals surface area contributed by atoms with E-state index >= 15 is 0 Å². The molecule has 31 heavy (non-hydrogen) atoms. The summed E-state index contributed by atoms with van der Waals surface area (Å²) in [5.74, 6) is -1.96. The number of benzene rings is 2. The zero-order valence-corrected chi connectivity index (χ0v) is 16.5. The Morgan fingerprint density at radius 3 is 2.35 bits per heavy atom. The van der Waals surface area contributed by atoms with Crippen LogP contribution in [0.5, 0.6) is 0 Å². The molecular weight excluding hydrogens is 404 g/mol. The molecule has 4 amide bonds. The number of nitrogens with zero attached hydrogens (tertiary/aromatic N) is 2. The monoisotopic (exact) mass is 424 g/mol. The summed E-state index contributed by atoms with van der Waals surface area (Å²) in [6.45, 7) is 0.125. The highest BCUT2D eigenvalue weighted by Gasteiger charge is 2.40. The summed E-state index contributed by atoms with van der Waals surface area (Å²) in [5, 5.41) is 13.8. The number of hydrogen-bond donors (Lipinski definition) is 2. The van der Waals surface area contributed by atoms with E-state index in [1.54, 1.807) is 12.1 Å². The summed E-state index contributed by atoms with van der Waals surface area (Å²) >= 11 is 0. The fourth-order valence-corrected chi connectivity index (χ4v) is 3.34. The molecule has 1 aliphatic heterocycles. The number of hydrogen-bond acceptors (Lipinski definition) is 6. The third kappa shape index (κ3) is 4.74. The van der Waals surface area contributed by atoms with Crippen molar-refractivity contribution in [2.45, 2.75) is 25.7 Å². The van der Waals surface area contributed by atoms with Crippen LogP contribution in [0, 0.1) is 10.1 Å². The molecule has 3 rings (SSSR count). The fraction of sp³-hybridized carbons (Fsp3) is 0.238. The van der Waals surface area contributed by atoms with Gasteiger partial charge in [-0.2, -0.15) is 0 Å². The van der Waals surface area contributed by atoms with Gasteiger partial charge in [0.2, 0.25) is 11.8 Å². The number of rotatable bonds is 9. The van der Waals surface area contributed by atoms with E-state index in [-0.39, 0.29) is 35.7 Å². The Morgan fingerprint density at radius 2 is 1.71 bits per heavy atom. The molecule has 0 unspecified atom stereocenters. The number of carbonyl (C=O) groups is 4. The Morgan fingerprint density at radius 1 is 1.00 bits per heavy atom. The summed E-state index contributed by atoms with van der Waals surface area (Å²) in [6.07, 6.45) is 1.84. The topological polar surface area (TPSA) is 153 Å². The zero-order valence-electron chi connectivity index (χ0n) is 16.5. The number of anilines is 1. The van der Waals surface area contributed by atoms with Gasteiger partial charge < -0.3 is 11.1 Å². The minimum absolute atomic E-state index is 0.0425. The van der Waals surface area contributed by atoms with Crippen molar-refractivity contribution < 1.29 is 24.1 Å². The first-order valence-electron chi connectivity index (χ1n) is 9.63. The van der Waals surface area contributed by atoms with Gasteiger partial charge in [0.25, 0.3) is 17.5 Å². The molecule has 0 spiro atoms. The molecule has 1 heterocycles. The number of unbranched alkanes of at least 4 members (excludes halogenated alkanes) is 2. The van der Waals surface area contributed by atoms with Crippen molar-refractivity contribution in [2.75, 3.05) is 11.9 Å². The van der Waals surface area contributed by atoms with Crippen molar-refractivity contribution in [3.05, 3.63) is 69.3 Å². The lowest BCUT2D eigenvalue weighted by Crippen LogP contribution is -2.30. The molecule has 10 heteroatoms. The van der Waals surface area contributed by atoms with Gasteiger partial charge in [0, 0.05) is 30.3 Å². The molecule has 0 radical (unpaired) electrons. The van der Waals surface area contributed by atoms with Gasteiger partial charge >= 0.3 is 0 Å². The number of carbonyl (C=O) groups excluding carboxylic acids is 4. The quantitative estimate of drug-likeness (QED) is 0.273. The van der Waals surface area contributed by atoms with Crippen LogP contribution in [0.15, 0.2) is 42.5 Å². The average molecular weight is 424 g/mol. The number of nitro groups is 1. The van der Waals surface area contributed by atoms with Gasteiger partial charge in [0.15, 0.2) is 0 Å². The van der Waals surface area contributed by atoms with Crippen LogP contribution >= 0.6 is 0 Å². The molecule has 0 bridgehead atoms. The molecule has 0 saturated heterocycles. The predicted octanol–water partition coefficient (Wildman–Crippen LogP) is 2.49. The highest BCUT2D eigenvalue weighted by atomic mass is 16.6. The maximum Gasteiger partial charge on any atom is 0.282 e. The number of primary amides is 1. The van der Waals surface area contributed by atoms with Crippen molar-refractivity contribution in [3.8, 4) is 0 Å². The highest BCUT2D eigenvalue weighted by Crippen LogP contribution is 2.30. The van der Waals surface area contributed by atoms with Crippen molar-refractivity contribution in [1.82, 2.24) is 4.90 Å². The summed E-state index contributed by atoms with van der Waals surface area (Å²) in [6, 6.07) is 10.2. The number of nitrogens with one attached hydrogen (secondary N) is 1. The Labute approximate surface area is 177 Å². The molecule has 2 aromatic carbocycles. The lowest BCUT2D eigenvalue weighted by Gasteiger charge is -2.13. The molecule has 0 aromatic heterocycles. The van der Waals surface area contributed by atoms with Crippen LogP contribution in [0.2, 0.25) is 0 Å². The molecule has 0 saturated carbocycles. The first-order chi connectivity index (χ1) is 14.8. The second-order valence-corrected chi connectivity index (χ2v) is 7.02. The van der Waals surface area contributed by atoms with E-state index in [2.05, 4.69) is 5.32 Å². The number of imide groups is 1. The van der Waals surface area contributed by atoms with Crippen LogP contribution in [0.25, 0.3) is 0 Å². The molecule has 160 valence electrons. The van der Waals surface area contributed by atoms with Gasteiger partial charge in [-0.15, -0.1) is 0 Å². The van der Waals surface area contributed by atoms with Crippen LogP contribution < -0.4 is 11.1 Å². The first kappa shape index (κ1) is 21.6. The Balaban J connectivity index is 1.45. The number of fused-ring (bicyclic) bond motifs is 1. The van der Waals surface area contributed by atoms with Crippen LogP contribution in [-0.2, 0) is 4.79 Å². The van der Waals surface area contributed by atoms with E-state index in [1.807, 2.05) is 0 Å². The SMILES string of the molecule is NC(=O)c1ccc(NC(=O)CCCCCN2C(=O)c3cccc([N+](=O)[O-])c3C2=O)cc1. The van der Waals surface area contributed by atoms with E-state index in [4.69, 9.17) is 5.73 Å². The van der Waals surface area contributed by atoms with E-state index < -0.39 is 22.6 Å². The summed E-state index contributed by atoms with van der Waals surface area (Å²) < 4.78 is 0. The van der Waals surface area contributed by atoms with Crippen molar-refractivity contribution in [1.29, 1.82) is 0 Å². The smallest absolute Gasteiger partial charge is 0.282 e. The Hall–Kier alpha value is -4.08. The van der Waals surface area contributed by atoms with Gasteiger partial charge in [0.05, 0.1) is 10.5 Å². The average Bonchev–Trinajstić information content (AvgIpc) is 2.98. The van der Waals surface area contributed by atoms with E-state index in [0.29, 0.717) is 30.5 Å². The van der Waals surface area contributed by atoms with Crippen molar-refractivity contribution >= 4 is 35.0 Å². The molecule has 0 atom stereocenters. The van der Waals surface area contributed by atoms with Crippen LogP contribution in [-0.4, -0.2) is 40.0 Å². The molecule has 0 aliphatic carbocycles. The first-order valence-corrected chi connectivity index (χ1v) is 9.63. The van der Waals surface area contributed by atoms with Crippen molar-refractivity contribution in [2.24, 2.45) is 5.73 Å². The maximum atomic E-state index is 12.5. The van der Waals surface area contributed by atoms with Gasteiger partial charge in [0.1, 0.15) is 5.56 Å². The second-order valence-electron chi connectivity index (χ2n) is 7.02. The number of amides is 4. The summed E-state index contributed by atoms with van der Waals surface area (Å²) in [5.41, 5.74) is 5.55. The largest absolute Gasteiger partial charge is 0.366 e. The van der Waals surface area contributed by atoms with E-state index in [9.17, 15) is 29.3 Å². The van der Waals surface area contributed by atoms with Gasteiger partial charge in [-0.3, -0.25) is 34.2 Å². The zero-order chi connectivity index (χ0) is 22.5. The molecule has 1 aliphatic rings. The van der Waals surface area contributed by atoms with Gasteiger partial charge in [-0.1, -0.05) is 12.5 Å². The minimum Gasteiger partial charge on any atom is -0.366 e. The maximum absolute atomic E-state index is 12.5. The fourth-order valence-electron chi connectivity index (χ4n) is 3.34. The standard InChI is InChI=1S/C21H20N4O6/c22-19(27)13-8-10-14(11-9-13)23-17(26)7-2-1-3-12-24-20(28)15-5-4-6-16(25(30)31)18(15)21(24)29/h4-6,8-11H,1-3,7,12H2,(H2,22,27)(H,23,26). The van der Waals surface area contributed by atoms with Crippen LogP contribution in [0.1, 0.15) is 56.8 Å². The van der Waals surface area contributed by atoms with E-state index in [0.717, 1.165) is 4.90 Å². The molecule has 0 fully saturated rings.